The van der Waals surface area contributed by atoms with Crippen LogP contribution in [0.4, 0.5) is 10.2 Å². The Hall–Kier alpha value is -3.72. The fraction of sp³-hybridized carbons (Fsp3) is 0.250. The molecular formula is C24H22ClFN6O2. The van der Waals surface area contributed by atoms with Gasteiger partial charge in [-0.2, -0.15) is 0 Å². The van der Waals surface area contributed by atoms with Crippen molar-refractivity contribution in [3.63, 3.8) is 0 Å². The number of aromatic nitrogens is 4. The number of benzene rings is 1. The first kappa shape index (κ1) is 22.1. The van der Waals surface area contributed by atoms with Crippen LogP contribution in [0, 0.1) is 12.7 Å². The van der Waals surface area contributed by atoms with E-state index in [2.05, 4.69) is 25.6 Å². The van der Waals surface area contributed by atoms with Gasteiger partial charge in [-0.15, -0.1) is 0 Å². The van der Waals surface area contributed by atoms with Crippen LogP contribution >= 0.6 is 11.6 Å². The summed E-state index contributed by atoms with van der Waals surface area (Å²) in [5.41, 5.74) is 3.31. The van der Waals surface area contributed by atoms with E-state index < -0.39 is 6.04 Å². The quantitative estimate of drug-likeness (QED) is 0.391. The topological polar surface area (TPSA) is 105 Å². The molecule has 1 aliphatic heterocycles. The van der Waals surface area contributed by atoms with Gasteiger partial charge in [-0.1, -0.05) is 17.7 Å². The van der Waals surface area contributed by atoms with E-state index in [1.54, 1.807) is 25.5 Å². The van der Waals surface area contributed by atoms with Gasteiger partial charge < -0.3 is 15.6 Å². The minimum Gasteiger partial charge on any atom is -0.361 e. The Kier molecular flexibility index (Phi) is 5.79. The molecule has 3 N–H and O–H groups in total. The molecule has 0 radical (unpaired) electrons. The van der Waals surface area contributed by atoms with E-state index in [-0.39, 0.29) is 36.2 Å². The molecule has 10 heteroatoms. The third-order valence-electron chi connectivity index (χ3n) is 5.93. The van der Waals surface area contributed by atoms with E-state index >= 15 is 0 Å². The summed E-state index contributed by atoms with van der Waals surface area (Å²) in [6, 6.07) is 5.93. The van der Waals surface area contributed by atoms with Gasteiger partial charge >= 0.3 is 0 Å². The Balaban J connectivity index is 1.30. The van der Waals surface area contributed by atoms with Crippen LogP contribution in [0.5, 0.6) is 0 Å². The van der Waals surface area contributed by atoms with Gasteiger partial charge in [-0.05, 0) is 54.7 Å². The average Bonchev–Trinajstić information content (AvgIpc) is 3.41. The molecule has 5 rings (SSSR count). The maximum absolute atomic E-state index is 13.7. The lowest BCUT2D eigenvalue weighted by molar-refractivity contribution is -0.124. The summed E-state index contributed by atoms with van der Waals surface area (Å²) < 4.78 is 15.2. The molecule has 0 saturated carbocycles. The third kappa shape index (κ3) is 4.26. The average molecular weight is 481 g/mol. The maximum Gasteiger partial charge on any atom is 0.294 e. The van der Waals surface area contributed by atoms with E-state index in [0.29, 0.717) is 34.8 Å². The number of carbonyl (C=O) groups is 1. The Morgan fingerprint density at radius 1 is 1.21 bits per heavy atom. The lowest BCUT2D eigenvalue weighted by atomic mass is 10.1. The van der Waals surface area contributed by atoms with Gasteiger partial charge in [-0.25, -0.2) is 14.4 Å². The molecule has 174 valence electrons. The second-order valence-corrected chi connectivity index (χ2v) is 8.82. The minimum absolute atomic E-state index is 0.127. The first-order valence-electron chi connectivity index (χ1n) is 10.9. The molecular weight excluding hydrogens is 459 g/mol. The van der Waals surface area contributed by atoms with Gasteiger partial charge in [0, 0.05) is 42.8 Å². The number of aryl methyl sites for hydroxylation is 2. The number of hydrogen-bond acceptors (Lipinski definition) is 5. The Morgan fingerprint density at radius 3 is 2.88 bits per heavy atom. The molecule has 4 aromatic rings. The summed E-state index contributed by atoms with van der Waals surface area (Å²) in [5.74, 6) is -0.457. The molecule has 1 amide bonds. The van der Waals surface area contributed by atoms with Crippen LogP contribution in [0.3, 0.4) is 0 Å². The molecule has 1 aliphatic rings. The summed E-state index contributed by atoms with van der Waals surface area (Å²) in [5, 5.41) is 7.23. The smallest absolute Gasteiger partial charge is 0.294 e. The fourth-order valence-corrected chi connectivity index (χ4v) is 4.53. The highest BCUT2D eigenvalue weighted by Crippen LogP contribution is 2.25. The molecule has 3 aromatic heterocycles. The number of hydrogen-bond donors (Lipinski definition) is 3. The van der Waals surface area contributed by atoms with Crippen LogP contribution in [-0.2, 0) is 24.3 Å². The fourth-order valence-electron chi connectivity index (χ4n) is 4.33. The Labute approximate surface area is 199 Å². The van der Waals surface area contributed by atoms with Crippen LogP contribution in [-0.4, -0.2) is 25.4 Å². The van der Waals surface area contributed by atoms with E-state index in [9.17, 15) is 14.0 Å². The second-order valence-electron chi connectivity index (χ2n) is 8.41. The van der Waals surface area contributed by atoms with Crippen molar-refractivity contribution < 1.29 is 9.18 Å². The molecule has 4 heterocycles. The highest BCUT2D eigenvalue weighted by atomic mass is 35.5. The van der Waals surface area contributed by atoms with E-state index in [0.717, 1.165) is 16.5 Å². The molecule has 0 bridgehead atoms. The number of pyridine rings is 1. The Bertz CT molecular complexity index is 1440. The van der Waals surface area contributed by atoms with Crippen molar-refractivity contribution in [1.82, 2.24) is 24.8 Å². The van der Waals surface area contributed by atoms with Crippen LogP contribution in [0.1, 0.15) is 34.8 Å². The number of aromatic amines is 1. The van der Waals surface area contributed by atoms with Crippen molar-refractivity contribution in [2.75, 3.05) is 5.32 Å². The van der Waals surface area contributed by atoms with Gasteiger partial charge in [0.1, 0.15) is 17.5 Å². The highest BCUT2D eigenvalue weighted by Gasteiger charge is 2.30. The Morgan fingerprint density at radius 2 is 2.06 bits per heavy atom. The van der Waals surface area contributed by atoms with Crippen molar-refractivity contribution in [2.24, 2.45) is 0 Å². The van der Waals surface area contributed by atoms with Crippen LogP contribution in [0.25, 0.3) is 11.0 Å². The van der Waals surface area contributed by atoms with Crippen LogP contribution < -0.4 is 16.2 Å². The maximum atomic E-state index is 13.7. The number of nitrogens with one attached hydrogen (secondary N) is 3. The summed E-state index contributed by atoms with van der Waals surface area (Å²) in [4.78, 5) is 37.6. The molecule has 34 heavy (non-hydrogen) atoms. The first-order chi connectivity index (χ1) is 16.4. The zero-order valence-electron chi connectivity index (χ0n) is 18.4. The molecule has 1 aromatic carbocycles. The largest absolute Gasteiger partial charge is 0.361 e. The van der Waals surface area contributed by atoms with E-state index in [4.69, 9.17) is 11.6 Å². The zero-order valence-corrected chi connectivity index (χ0v) is 19.1. The van der Waals surface area contributed by atoms with Crippen molar-refractivity contribution in [1.29, 1.82) is 0 Å². The van der Waals surface area contributed by atoms with E-state index in [1.165, 1.54) is 16.7 Å². The monoisotopic (exact) mass is 480 g/mol. The summed E-state index contributed by atoms with van der Waals surface area (Å²) >= 11 is 6.15. The van der Waals surface area contributed by atoms with Gasteiger partial charge in [0.25, 0.3) is 5.56 Å². The molecule has 0 spiro atoms. The predicted octanol–water partition coefficient (Wildman–Crippen LogP) is 3.64. The van der Waals surface area contributed by atoms with Crippen LogP contribution in [0.15, 0.2) is 47.7 Å². The van der Waals surface area contributed by atoms with Crippen molar-refractivity contribution in [3.8, 4) is 0 Å². The molecule has 0 saturated heterocycles. The standard InChI is InChI=1S/C24H22ClFN6O2/c1-13-4-14(6-16(26)5-13)8-28-22-24(34)32-17(11-29-22)2-3-20(32)23(33)31-10-15-7-18-19(25)12-30-21(18)27-9-15/h4-7,9,11-12,20H,2-3,8,10H2,1H3,(H,27,30)(H,28,29)(H,31,33). The van der Waals surface area contributed by atoms with Crippen molar-refractivity contribution in [3.05, 3.63) is 86.4 Å². The molecule has 1 unspecified atom stereocenters. The van der Waals surface area contributed by atoms with Gasteiger partial charge in [0.15, 0.2) is 5.82 Å². The second kappa shape index (κ2) is 8.90. The number of H-pyrrole nitrogens is 1. The van der Waals surface area contributed by atoms with Gasteiger partial charge in [0.05, 0.1) is 5.02 Å². The number of halogens is 2. The molecule has 0 aliphatic carbocycles. The summed E-state index contributed by atoms with van der Waals surface area (Å²) in [6.07, 6.45) is 6.04. The molecule has 1 atom stereocenters. The third-order valence-corrected chi connectivity index (χ3v) is 6.24. The minimum atomic E-state index is -0.630. The van der Waals surface area contributed by atoms with E-state index in [1.807, 2.05) is 12.1 Å². The van der Waals surface area contributed by atoms with Crippen molar-refractivity contribution >= 4 is 34.4 Å². The number of anilines is 1. The summed E-state index contributed by atoms with van der Waals surface area (Å²) in [7, 11) is 0. The molecule has 8 nitrogen and oxygen atoms in total. The number of fused-ring (bicyclic) bond motifs is 2. The van der Waals surface area contributed by atoms with Gasteiger partial charge in [-0.3, -0.25) is 14.2 Å². The zero-order chi connectivity index (χ0) is 23.8. The normalized spacial score (nSPS) is 14.9. The first-order valence-corrected chi connectivity index (χ1v) is 11.3. The number of nitrogens with zero attached hydrogens (tertiary/aromatic N) is 3. The number of amides is 1. The molecule has 0 fully saturated rings. The SMILES string of the molecule is Cc1cc(F)cc(CNc2ncc3n(c2=O)C(C(=O)NCc2cnc4[nH]cc(Cl)c4c2)CC3)c1. The van der Waals surface area contributed by atoms with Crippen molar-refractivity contribution in [2.45, 2.75) is 38.9 Å². The number of rotatable bonds is 6. The highest BCUT2D eigenvalue weighted by molar-refractivity contribution is 6.35. The number of carbonyl (C=O) groups excluding carboxylic acids is 1. The lowest BCUT2D eigenvalue weighted by Gasteiger charge is -2.16. The lowest BCUT2D eigenvalue weighted by Crippen LogP contribution is -2.36. The van der Waals surface area contributed by atoms with Gasteiger partial charge in [0.2, 0.25) is 5.91 Å². The summed E-state index contributed by atoms with van der Waals surface area (Å²) in [6.45, 7) is 2.31. The predicted molar refractivity (Wildman–Crippen MR) is 127 cm³/mol. The van der Waals surface area contributed by atoms with Crippen LogP contribution in [0.2, 0.25) is 5.02 Å².